The highest BCUT2D eigenvalue weighted by molar-refractivity contribution is 9.10. The van der Waals surface area contributed by atoms with Gasteiger partial charge in [-0.25, -0.2) is 4.98 Å². The van der Waals surface area contributed by atoms with Gasteiger partial charge in [0.1, 0.15) is 4.47 Å². The van der Waals surface area contributed by atoms with Gasteiger partial charge in [-0.15, -0.1) is 0 Å². The first-order chi connectivity index (χ1) is 7.31. The molecule has 16 heavy (non-hydrogen) atoms. The van der Waals surface area contributed by atoms with E-state index < -0.39 is 11.1 Å². The Labute approximate surface area is 106 Å². The number of aryl methyl sites for hydroxylation is 1. The van der Waals surface area contributed by atoms with Crippen LogP contribution in [0.5, 0.6) is 0 Å². The van der Waals surface area contributed by atoms with E-state index in [1.165, 1.54) is 0 Å². The van der Waals surface area contributed by atoms with Gasteiger partial charge in [0.05, 0.1) is 6.33 Å². The molecule has 0 saturated carbocycles. The van der Waals surface area contributed by atoms with Crippen molar-refractivity contribution in [3.63, 3.8) is 0 Å². The van der Waals surface area contributed by atoms with Crippen molar-refractivity contribution in [3.05, 3.63) is 26.3 Å². The zero-order valence-corrected chi connectivity index (χ0v) is 10.8. The number of hydrogen-bond donors (Lipinski definition) is 0. The van der Waals surface area contributed by atoms with Crippen LogP contribution in [0, 0.1) is 0 Å². The minimum Gasteiger partial charge on any atom is -0.297 e. The van der Waals surface area contributed by atoms with E-state index in [2.05, 4.69) is 20.9 Å². The molecule has 0 spiro atoms. The van der Waals surface area contributed by atoms with E-state index in [0.29, 0.717) is 0 Å². The van der Waals surface area contributed by atoms with E-state index in [-0.39, 0.29) is 33.7 Å². The SMILES string of the molecule is O=c1c(Br)c(Cl)ncn1CCSC(F)(F)F. The summed E-state index contributed by atoms with van der Waals surface area (Å²) in [6.45, 7) is -0.0776. The van der Waals surface area contributed by atoms with Crippen molar-refractivity contribution in [1.82, 2.24) is 9.55 Å². The fourth-order valence-electron chi connectivity index (χ4n) is 0.863. The molecule has 1 rings (SSSR count). The van der Waals surface area contributed by atoms with Crippen molar-refractivity contribution in [2.45, 2.75) is 12.1 Å². The molecular weight excluding hydrogens is 333 g/mol. The first kappa shape index (κ1) is 13.9. The van der Waals surface area contributed by atoms with Crippen molar-refractivity contribution in [2.75, 3.05) is 5.75 Å². The average molecular weight is 338 g/mol. The van der Waals surface area contributed by atoms with Gasteiger partial charge in [-0.3, -0.25) is 9.36 Å². The predicted molar refractivity (Wildman–Crippen MR) is 59.7 cm³/mol. The van der Waals surface area contributed by atoms with E-state index in [9.17, 15) is 18.0 Å². The Hall–Kier alpha value is -0.210. The summed E-state index contributed by atoms with van der Waals surface area (Å²) in [4.78, 5) is 15.1. The second-order valence-electron chi connectivity index (χ2n) is 2.64. The summed E-state index contributed by atoms with van der Waals surface area (Å²) in [5.41, 5.74) is -4.79. The van der Waals surface area contributed by atoms with Crippen molar-refractivity contribution in [1.29, 1.82) is 0 Å². The summed E-state index contributed by atoms with van der Waals surface area (Å²) in [6.07, 6.45) is 1.12. The largest absolute Gasteiger partial charge is 0.441 e. The molecular formula is C7H5BrClF3N2OS. The number of thioether (sulfide) groups is 1. The molecule has 0 saturated heterocycles. The second-order valence-corrected chi connectivity index (χ2v) is 4.95. The quantitative estimate of drug-likeness (QED) is 0.796. The van der Waals surface area contributed by atoms with Crippen LogP contribution in [-0.2, 0) is 6.54 Å². The summed E-state index contributed by atoms with van der Waals surface area (Å²) < 4.78 is 36.6. The van der Waals surface area contributed by atoms with Crippen LogP contribution >= 0.6 is 39.3 Å². The summed E-state index contributed by atoms with van der Waals surface area (Å²) >= 11 is 8.25. The molecule has 0 aromatic carbocycles. The molecule has 9 heteroatoms. The Bertz CT molecular complexity index is 437. The fourth-order valence-corrected chi connectivity index (χ4v) is 1.84. The van der Waals surface area contributed by atoms with E-state index in [0.717, 1.165) is 10.9 Å². The highest BCUT2D eigenvalue weighted by Crippen LogP contribution is 2.29. The maximum absolute atomic E-state index is 11.8. The van der Waals surface area contributed by atoms with Crippen LogP contribution in [0.1, 0.15) is 0 Å². The van der Waals surface area contributed by atoms with E-state index in [4.69, 9.17) is 11.6 Å². The Morgan fingerprint density at radius 1 is 1.56 bits per heavy atom. The van der Waals surface area contributed by atoms with E-state index >= 15 is 0 Å². The third-order valence-corrected chi connectivity index (χ3v) is 3.48. The number of nitrogens with zero attached hydrogens (tertiary/aromatic N) is 2. The molecule has 1 aromatic heterocycles. The lowest BCUT2D eigenvalue weighted by Gasteiger charge is -2.07. The van der Waals surface area contributed by atoms with Crippen LogP contribution in [0.3, 0.4) is 0 Å². The van der Waals surface area contributed by atoms with Gasteiger partial charge in [-0.05, 0) is 27.7 Å². The molecule has 0 bridgehead atoms. The highest BCUT2D eigenvalue weighted by atomic mass is 79.9. The molecule has 0 N–H and O–H groups in total. The monoisotopic (exact) mass is 336 g/mol. The van der Waals surface area contributed by atoms with Crippen LogP contribution in [0.2, 0.25) is 5.15 Å². The minimum atomic E-state index is -4.29. The maximum Gasteiger partial charge on any atom is 0.441 e. The van der Waals surface area contributed by atoms with Gasteiger partial charge in [0.2, 0.25) is 0 Å². The van der Waals surface area contributed by atoms with Crippen molar-refractivity contribution < 1.29 is 13.2 Å². The van der Waals surface area contributed by atoms with Crippen LogP contribution in [0.15, 0.2) is 15.6 Å². The third-order valence-electron chi connectivity index (χ3n) is 1.54. The molecule has 0 aliphatic rings. The lowest BCUT2D eigenvalue weighted by atomic mass is 10.6. The smallest absolute Gasteiger partial charge is 0.297 e. The molecule has 0 atom stereocenters. The van der Waals surface area contributed by atoms with Crippen LogP contribution in [0.25, 0.3) is 0 Å². The van der Waals surface area contributed by atoms with Gasteiger partial charge in [0, 0.05) is 12.3 Å². The number of hydrogen-bond acceptors (Lipinski definition) is 3. The molecule has 1 aromatic rings. The number of aromatic nitrogens is 2. The number of alkyl halides is 3. The molecule has 0 aliphatic heterocycles. The zero-order valence-electron chi connectivity index (χ0n) is 7.59. The third kappa shape index (κ3) is 3.99. The Kier molecular flexibility index (Phi) is 4.69. The van der Waals surface area contributed by atoms with Gasteiger partial charge < -0.3 is 0 Å². The Morgan fingerprint density at radius 3 is 2.75 bits per heavy atom. The van der Waals surface area contributed by atoms with E-state index in [1.807, 2.05) is 0 Å². The maximum atomic E-state index is 11.8. The van der Waals surface area contributed by atoms with Gasteiger partial charge in [-0.2, -0.15) is 13.2 Å². The van der Waals surface area contributed by atoms with Gasteiger partial charge >= 0.3 is 5.51 Å². The van der Waals surface area contributed by atoms with Gasteiger partial charge in [-0.1, -0.05) is 11.6 Å². The minimum absolute atomic E-state index is 0.00951. The molecule has 0 unspecified atom stereocenters. The first-order valence-electron chi connectivity index (χ1n) is 3.92. The number of halogens is 5. The Balaban J connectivity index is 2.69. The first-order valence-corrected chi connectivity index (χ1v) is 6.08. The molecule has 0 amide bonds. The molecule has 0 aliphatic carbocycles. The zero-order chi connectivity index (χ0) is 12.3. The van der Waals surface area contributed by atoms with Crippen molar-refractivity contribution >= 4 is 39.3 Å². The standard InChI is InChI=1S/C7H5BrClF3N2OS/c8-4-5(9)13-3-14(6(4)15)1-2-16-7(10,11)12/h3H,1-2H2. The lowest BCUT2D eigenvalue weighted by molar-refractivity contribution is -0.0328. The summed E-state index contributed by atoms with van der Waals surface area (Å²) in [5, 5.41) is -0.00951. The van der Waals surface area contributed by atoms with Crippen LogP contribution < -0.4 is 5.56 Å². The topological polar surface area (TPSA) is 34.9 Å². The fraction of sp³-hybridized carbons (Fsp3) is 0.429. The molecule has 0 radical (unpaired) electrons. The molecule has 3 nitrogen and oxygen atoms in total. The predicted octanol–water partition coefficient (Wildman–Crippen LogP) is 2.91. The highest BCUT2D eigenvalue weighted by Gasteiger charge is 2.27. The lowest BCUT2D eigenvalue weighted by Crippen LogP contribution is -2.23. The second kappa shape index (κ2) is 5.42. The summed E-state index contributed by atoms with van der Waals surface area (Å²) in [5.74, 6) is -0.251. The summed E-state index contributed by atoms with van der Waals surface area (Å²) in [6, 6.07) is 0. The summed E-state index contributed by atoms with van der Waals surface area (Å²) in [7, 11) is 0. The van der Waals surface area contributed by atoms with Crippen molar-refractivity contribution in [3.8, 4) is 0 Å². The molecule has 1 heterocycles. The Morgan fingerprint density at radius 2 is 2.19 bits per heavy atom. The average Bonchev–Trinajstić information content (AvgIpc) is 2.16. The van der Waals surface area contributed by atoms with Crippen molar-refractivity contribution in [2.24, 2.45) is 0 Å². The van der Waals surface area contributed by atoms with Gasteiger partial charge in [0.25, 0.3) is 5.56 Å². The van der Waals surface area contributed by atoms with Gasteiger partial charge in [0.15, 0.2) is 5.15 Å². The normalized spacial score (nSPS) is 11.8. The van der Waals surface area contributed by atoms with E-state index in [1.54, 1.807) is 0 Å². The molecule has 0 fully saturated rings. The molecule has 90 valence electrons. The van der Waals surface area contributed by atoms with Crippen LogP contribution in [-0.4, -0.2) is 20.8 Å². The van der Waals surface area contributed by atoms with Crippen LogP contribution in [0.4, 0.5) is 13.2 Å². The number of rotatable bonds is 3.